The van der Waals surface area contributed by atoms with Crippen molar-refractivity contribution in [2.45, 2.75) is 85.7 Å². The predicted octanol–water partition coefficient (Wildman–Crippen LogP) is 6.35. The largest absolute Gasteiger partial charge is 0.394 e. The smallest absolute Gasteiger partial charge is 0.171 e. The third-order valence-corrected chi connectivity index (χ3v) is 3.25. The van der Waals surface area contributed by atoms with E-state index in [1.165, 1.54) is 26.2 Å². The summed E-state index contributed by atoms with van der Waals surface area (Å²) in [7, 11) is 0. The number of halogens is 3. The van der Waals surface area contributed by atoms with E-state index in [-0.39, 0.29) is 12.8 Å². The highest BCUT2D eigenvalue weighted by molar-refractivity contribution is 4.80. The molecule has 0 aromatic rings. The van der Waals surface area contributed by atoms with Crippen molar-refractivity contribution < 1.29 is 13.2 Å². The molecule has 0 saturated carbocycles. The monoisotopic (exact) mass is 254 g/mol. The van der Waals surface area contributed by atoms with E-state index >= 15 is 0 Å². The predicted molar refractivity (Wildman–Crippen MR) is 69.2 cm³/mol. The summed E-state index contributed by atoms with van der Waals surface area (Å²) < 4.78 is 37.3. The van der Waals surface area contributed by atoms with Gasteiger partial charge in [-0.1, -0.05) is 66.7 Å². The van der Waals surface area contributed by atoms with Crippen LogP contribution in [0.4, 0.5) is 13.2 Å². The van der Waals surface area contributed by atoms with Gasteiger partial charge < -0.3 is 0 Å². The lowest BCUT2D eigenvalue weighted by atomic mass is 9.82. The van der Waals surface area contributed by atoms with Crippen molar-refractivity contribution in [2.75, 3.05) is 0 Å². The molecule has 0 amide bonds. The first-order valence-electron chi connectivity index (χ1n) is 6.85. The summed E-state index contributed by atoms with van der Waals surface area (Å²) in [6, 6.07) is 0. The molecule has 0 rings (SSSR count). The third-order valence-electron chi connectivity index (χ3n) is 3.25. The van der Waals surface area contributed by atoms with Gasteiger partial charge in [0.25, 0.3) is 0 Å². The van der Waals surface area contributed by atoms with Crippen LogP contribution >= 0.6 is 0 Å². The quantitative estimate of drug-likeness (QED) is 0.518. The Morgan fingerprint density at radius 2 is 1.18 bits per heavy atom. The van der Waals surface area contributed by atoms with Crippen LogP contribution in [0.3, 0.4) is 0 Å². The number of alkyl halides is 3. The Kier molecular flexibility index (Phi) is 11.0. The van der Waals surface area contributed by atoms with E-state index in [2.05, 4.69) is 13.8 Å². The lowest BCUT2D eigenvalue weighted by Crippen LogP contribution is -2.34. The molecule has 0 fully saturated rings. The Labute approximate surface area is 105 Å². The summed E-state index contributed by atoms with van der Waals surface area (Å²) in [5, 5.41) is 0. The minimum atomic E-state index is -4.04. The second-order valence-corrected chi connectivity index (χ2v) is 4.87. The van der Waals surface area contributed by atoms with Gasteiger partial charge in [0.1, 0.15) is 0 Å². The van der Waals surface area contributed by atoms with Crippen molar-refractivity contribution in [3.8, 4) is 0 Å². The number of hydrogen-bond acceptors (Lipinski definition) is 0. The van der Waals surface area contributed by atoms with Crippen molar-refractivity contribution in [1.82, 2.24) is 0 Å². The second kappa shape index (κ2) is 9.78. The number of rotatable bonds is 6. The average Bonchev–Trinajstić information content (AvgIpc) is 2.26. The van der Waals surface area contributed by atoms with E-state index in [0.29, 0.717) is 6.42 Å². The van der Waals surface area contributed by atoms with Crippen molar-refractivity contribution >= 4 is 0 Å². The van der Waals surface area contributed by atoms with Crippen LogP contribution in [-0.4, -0.2) is 6.18 Å². The number of unbranched alkanes of at least 4 members (excludes halogenated alkanes) is 3. The van der Waals surface area contributed by atoms with E-state index in [1.807, 2.05) is 6.92 Å². The Morgan fingerprint density at radius 3 is 1.35 bits per heavy atom. The van der Waals surface area contributed by atoms with Gasteiger partial charge in [-0.25, -0.2) is 0 Å². The molecule has 3 heteroatoms. The lowest BCUT2D eigenvalue weighted by Gasteiger charge is -2.30. The molecule has 0 aromatic heterocycles. The van der Waals surface area contributed by atoms with E-state index < -0.39 is 11.6 Å². The molecule has 0 spiro atoms. The van der Waals surface area contributed by atoms with Crippen molar-refractivity contribution in [3.05, 3.63) is 0 Å². The molecule has 0 aliphatic rings. The zero-order valence-corrected chi connectivity index (χ0v) is 12.1. The van der Waals surface area contributed by atoms with E-state index in [1.54, 1.807) is 6.92 Å². The van der Waals surface area contributed by atoms with Crippen LogP contribution < -0.4 is 0 Å². The molecular formula is C14H29F3. The molecule has 17 heavy (non-hydrogen) atoms. The molecule has 0 nitrogen and oxygen atoms in total. The molecule has 0 radical (unpaired) electrons. The third kappa shape index (κ3) is 8.50. The second-order valence-electron chi connectivity index (χ2n) is 4.87. The highest BCUT2D eigenvalue weighted by Crippen LogP contribution is 2.44. The van der Waals surface area contributed by atoms with Gasteiger partial charge in [0.2, 0.25) is 0 Å². The minimum absolute atomic E-state index is 0.177. The molecule has 0 aliphatic carbocycles. The van der Waals surface area contributed by atoms with Crippen LogP contribution in [0.5, 0.6) is 0 Å². The van der Waals surface area contributed by atoms with Crippen LogP contribution in [0.25, 0.3) is 0 Å². The van der Waals surface area contributed by atoms with E-state index in [4.69, 9.17) is 0 Å². The minimum Gasteiger partial charge on any atom is -0.171 e. The summed E-state index contributed by atoms with van der Waals surface area (Å²) >= 11 is 0. The molecule has 0 aromatic carbocycles. The Morgan fingerprint density at radius 1 is 0.765 bits per heavy atom. The summed E-state index contributed by atoms with van der Waals surface area (Å²) in [5.74, 6) is 0. The first kappa shape index (κ1) is 19.1. The summed E-state index contributed by atoms with van der Waals surface area (Å²) in [6.45, 7) is 9.24. The van der Waals surface area contributed by atoms with Gasteiger partial charge in [-0.3, -0.25) is 0 Å². The fourth-order valence-electron chi connectivity index (χ4n) is 1.44. The number of hydrogen-bond donors (Lipinski definition) is 0. The zero-order valence-electron chi connectivity index (χ0n) is 12.1. The fourth-order valence-corrected chi connectivity index (χ4v) is 1.44. The standard InChI is InChI=1S/C9H17F3.C5H12/c1-4-6-7-8(3,5-2)9(10,11)12;1-3-5-4-2/h4-7H2,1-3H3;3-5H2,1-2H3. The molecular weight excluding hydrogens is 225 g/mol. The van der Waals surface area contributed by atoms with Crippen LogP contribution in [0, 0.1) is 5.41 Å². The maximum absolute atomic E-state index is 12.4. The SMILES string of the molecule is CCCCC.CCCCC(C)(CC)C(F)(F)F. The highest BCUT2D eigenvalue weighted by atomic mass is 19.4. The van der Waals surface area contributed by atoms with Gasteiger partial charge in [-0.15, -0.1) is 0 Å². The van der Waals surface area contributed by atoms with Crippen molar-refractivity contribution in [1.29, 1.82) is 0 Å². The van der Waals surface area contributed by atoms with E-state index in [0.717, 1.165) is 6.42 Å². The molecule has 0 N–H and O–H groups in total. The average molecular weight is 254 g/mol. The maximum Gasteiger partial charge on any atom is 0.394 e. The van der Waals surface area contributed by atoms with Gasteiger partial charge in [0.05, 0.1) is 5.41 Å². The van der Waals surface area contributed by atoms with Gasteiger partial charge in [-0.05, 0) is 12.8 Å². The van der Waals surface area contributed by atoms with Crippen molar-refractivity contribution in [2.24, 2.45) is 5.41 Å². The lowest BCUT2D eigenvalue weighted by molar-refractivity contribution is -0.221. The fraction of sp³-hybridized carbons (Fsp3) is 1.00. The molecule has 0 saturated heterocycles. The molecule has 0 heterocycles. The summed E-state index contributed by atoms with van der Waals surface area (Å²) in [5.41, 5.74) is -1.47. The first-order valence-corrected chi connectivity index (χ1v) is 6.85. The Balaban J connectivity index is 0. The Hall–Kier alpha value is -0.210. The van der Waals surface area contributed by atoms with Gasteiger partial charge >= 0.3 is 6.18 Å². The van der Waals surface area contributed by atoms with E-state index in [9.17, 15) is 13.2 Å². The van der Waals surface area contributed by atoms with Gasteiger partial charge in [0, 0.05) is 0 Å². The maximum atomic E-state index is 12.4. The summed E-state index contributed by atoms with van der Waals surface area (Å²) in [4.78, 5) is 0. The first-order chi connectivity index (χ1) is 7.79. The van der Waals surface area contributed by atoms with Gasteiger partial charge in [-0.2, -0.15) is 13.2 Å². The van der Waals surface area contributed by atoms with Crippen LogP contribution in [0.2, 0.25) is 0 Å². The molecule has 1 unspecified atom stereocenters. The molecule has 106 valence electrons. The van der Waals surface area contributed by atoms with Gasteiger partial charge in [0.15, 0.2) is 0 Å². The zero-order chi connectivity index (χ0) is 13.9. The summed E-state index contributed by atoms with van der Waals surface area (Å²) in [6.07, 6.45) is 1.94. The van der Waals surface area contributed by atoms with Crippen LogP contribution in [0.15, 0.2) is 0 Å². The molecule has 0 aliphatic heterocycles. The van der Waals surface area contributed by atoms with Crippen molar-refractivity contribution in [3.63, 3.8) is 0 Å². The topological polar surface area (TPSA) is 0 Å². The molecule has 0 bridgehead atoms. The van der Waals surface area contributed by atoms with Crippen LogP contribution in [-0.2, 0) is 0 Å². The Bertz CT molecular complexity index is 161. The highest BCUT2D eigenvalue weighted by Gasteiger charge is 2.48. The van der Waals surface area contributed by atoms with Crippen LogP contribution in [0.1, 0.15) is 79.6 Å². The molecule has 1 atom stereocenters. The normalized spacial score (nSPS) is 14.8.